The van der Waals surface area contributed by atoms with E-state index in [0.29, 0.717) is 11.5 Å². The molecule has 3 rings (SSSR count). The Kier molecular flexibility index (Phi) is 2.13. The lowest BCUT2D eigenvalue weighted by atomic mass is 10.2. The van der Waals surface area contributed by atoms with Crippen LogP contribution in [0.25, 0.3) is 11.4 Å². The summed E-state index contributed by atoms with van der Waals surface area (Å²) in [4.78, 5) is 4.37. The van der Waals surface area contributed by atoms with Crippen molar-refractivity contribution in [3.8, 4) is 11.4 Å². The Morgan fingerprint density at radius 2 is 2.25 bits per heavy atom. The van der Waals surface area contributed by atoms with Gasteiger partial charge < -0.3 is 10.3 Å². The molecule has 1 saturated carbocycles. The summed E-state index contributed by atoms with van der Waals surface area (Å²) in [7, 11) is 0. The van der Waals surface area contributed by atoms with Crippen LogP contribution in [-0.4, -0.2) is 10.1 Å². The van der Waals surface area contributed by atoms with E-state index in [1.54, 1.807) is 0 Å². The van der Waals surface area contributed by atoms with Gasteiger partial charge in [-0.1, -0.05) is 17.3 Å². The van der Waals surface area contributed by atoms with Crippen LogP contribution in [0.4, 0.5) is 5.69 Å². The van der Waals surface area contributed by atoms with Crippen molar-refractivity contribution in [2.45, 2.75) is 19.3 Å². The van der Waals surface area contributed by atoms with Crippen LogP contribution >= 0.6 is 0 Å². The molecule has 1 fully saturated rings. The average Bonchev–Trinajstić information content (AvgIpc) is 2.94. The molecule has 1 aromatic heterocycles. The van der Waals surface area contributed by atoms with Crippen molar-refractivity contribution in [2.24, 2.45) is 5.92 Å². The molecule has 0 spiro atoms. The number of rotatable bonds is 3. The van der Waals surface area contributed by atoms with Crippen molar-refractivity contribution in [1.29, 1.82) is 0 Å². The normalized spacial score (nSPS) is 15.2. The van der Waals surface area contributed by atoms with E-state index >= 15 is 0 Å². The highest BCUT2D eigenvalue weighted by molar-refractivity contribution is 5.60. The van der Waals surface area contributed by atoms with E-state index in [2.05, 4.69) is 10.1 Å². The van der Waals surface area contributed by atoms with E-state index in [0.717, 1.165) is 23.8 Å². The van der Waals surface area contributed by atoms with Gasteiger partial charge in [0.1, 0.15) is 0 Å². The van der Waals surface area contributed by atoms with E-state index in [9.17, 15) is 0 Å². The van der Waals surface area contributed by atoms with Gasteiger partial charge in [0.15, 0.2) is 0 Å². The minimum atomic E-state index is 0.628. The van der Waals surface area contributed by atoms with E-state index in [-0.39, 0.29) is 0 Å². The zero-order valence-corrected chi connectivity index (χ0v) is 8.89. The van der Waals surface area contributed by atoms with Gasteiger partial charge in [0.2, 0.25) is 11.7 Å². The SMILES string of the molecule is Nc1cccc(-c2noc(CC3CC3)n2)c1. The molecule has 0 saturated heterocycles. The van der Waals surface area contributed by atoms with Crippen LogP contribution in [0.2, 0.25) is 0 Å². The topological polar surface area (TPSA) is 64.9 Å². The number of nitrogen functional groups attached to an aromatic ring is 1. The Labute approximate surface area is 93.5 Å². The number of hydrogen-bond donors (Lipinski definition) is 1. The fraction of sp³-hybridized carbons (Fsp3) is 0.333. The largest absolute Gasteiger partial charge is 0.399 e. The molecule has 0 amide bonds. The van der Waals surface area contributed by atoms with Crippen LogP contribution in [0.3, 0.4) is 0 Å². The first-order valence-corrected chi connectivity index (χ1v) is 5.50. The standard InChI is InChI=1S/C12H13N3O/c13-10-3-1-2-9(7-10)12-14-11(16-15-12)6-8-4-5-8/h1-3,7-8H,4-6,13H2. The van der Waals surface area contributed by atoms with Crippen molar-refractivity contribution in [2.75, 3.05) is 5.73 Å². The molecule has 2 aromatic rings. The molecule has 0 aliphatic heterocycles. The van der Waals surface area contributed by atoms with Crippen molar-refractivity contribution < 1.29 is 4.52 Å². The summed E-state index contributed by atoms with van der Waals surface area (Å²) in [6.07, 6.45) is 3.49. The van der Waals surface area contributed by atoms with Crippen LogP contribution in [0.15, 0.2) is 28.8 Å². The summed E-state index contributed by atoms with van der Waals surface area (Å²) in [5.41, 5.74) is 7.33. The molecule has 2 N–H and O–H groups in total. The van der Waals surface area contributed by atoms with Gasteiger partial charge in [0.05, 0.1) is 0 Å². The predicted octanol–water partition coefficient (Wildman–Crippen LogP) is 2.27. The molecule has 1 aromatic carbocycles. The minimum absolute atomic E-state index is 0.628. The first-order valence-electron chi connectivity index (χ1n) is 5.50. The lowest BCUT2D eigenvalue weighted by Crippen LogP contribution is -1.88. The molecule has 1 aliphatic rings. The number of aromatic nitrogens is 2. The van der Waals surface area contributed by atoms with Gasteiger partial charge in [-0.2, -0.15) is 4.98 Å². The molecule has 0 bridgehead atoms. The van der Waals surface area contributed by atoms with E-state index in [1.807, 2.05) is 24.3 Å². The number of hydrogen-bond acceptors (Lipinski definition) is 4. The third-order valence-corrected chi connectivity index (χ3v) is 2.77. The Balaban J connectivity index is 1.85. The molecule has 1 aliphatic carbocycles. The highest BCUT2D eigenvalue weighted by Crippen LogP contribution is 2.32. The van der Waals surface area contributed by atoms with Crippen molar-refractivity contribution in [1.82, 2.24) is 10.1 Å². The van der Waals surface area contributed by atoms with E-state index < -0.39 is 0 Å². The third-order valence-electron chi connectivity index (χ3n) is 2.77. The zero-order valence-electron chi connectivity index (χ0n) is 8.89. The Hall–Kier alpha value is -1.84. The van der Waals surface area contributed by atoms with Crippen molar-refractivity contribution in [3.63, 3.8) is 0 Å². The van der Waals surface area contributed by atoms with Gasteiger partial charge in [-0.25, -0.2) is 0 Å². The van der Waals surface area contributed by atoms with Gasteiger partial charge in [-0.15, -0.1) is 0 Å². The third kappa shape index (κ3) is 1.91. The summed E-state index contributed by atoms with van der Waals surface area (Å²) < 4.78 is 5.21. The summed E-state index contributed by atoms with van der Waals surface area (Å²) in [6, 6.07) is 7.52. The maximum Gasteiger partial charge on any atom is 0.227 e. The molecule has 0 atom stereocenters. The number of anilines is 1. The smallest absolute Gasteiger partial charge is 0.227 e. The highest BCUT2D eigenvalue weighted by Gasteiger charge is 2.24. The molecule has 4 nitrogen and oxygen atoms in total. The maximum absolute atomic E-state index is 5.71. The number of benzene rings is 1. The van der Waals surface area contributed by atoms with Gasteiger partial charge in [-0.3, -0.25) is 0 Å². The van der Waals surface area contributed by atoms with Crippen molar-refractivity contribution >= 4 is 5.69 Å². The average molecular weight is 215 g/mol. The quantitative estimate of drug-likeness (QED) is 0.797. The number of nitrogens with two attached hydrogens (primary N) is 1. The summed E-state index contributed by atoms with van der Waals surface area (Å²) in [5.74, 6) is 2.12. The lowest BCUT2D eigenvalue weighted by molar-refractivity contribution is 0.373. The van der Waals surface area contributed by atoms with Crippen LogP contribution in [0.1, 0.15) is 18.7 Å². The second-order valence-electron chi connectivity index (χ2n) is 4.28. The van der Waals surface area contributed by atoms with Crippen LogP contribution in [-0.2, 0) is 6.42 Å². The van der Waals surface area contributed by atoms with Gasteiger partial charge in [0, 0.05) is 17.7 Å². The van der Waals surface area contributed by atoms with Gasteiger partial charge >= 0.3 is 0 Å². The second kappa shape index (κ2) is 3.63. The molecular formula is C12H13N3O. The number of nitrogens with zero attached hydrogens (tertiary/aromatic N) is 2. The van der Waals surface area contributed by atoms with E-state index in [4.69, 9.17) is 10.3 Å². The lowest BCUT2D eigenvalue weighted by Gasteiger charge is -1.95. The predicted molar refractivity (Wildman–Crippen MR) is 60.6 cm³/mol. The molecule has 16 heavy (non-hydrogen) atoms. The summed E-state index contributed by atoms with van der Waals surface area (Å²) in [5, 5.41) is 3.97. The fourth-order valence-corrected chi connectivity index (χ4v) is 1.70. The molecule has 1 heterocycles. The van der Waals surface area contributed by atoms with Crippen molar-refractivity contribution in [3.05, 3.63) is 30.2 Å². The Morgan fingerprint density at radius 1 is 1.38 bits per heavy atom. The van der Waals surface area contributed by atoms with Gasteiger partial charge in [0.25, 0.3) is 0 Å². The molecule has 0 radical (unpaired) electrons. The maximum atomic E-state index is 5.71. The Morgan fingerprint density at radius 3 is 3.00 bits per heavy atom. The van der Waals surface area contributed by atoms with Crippen LogP contribution in [0.5, 0.6) is 0 Å². The van der Waals surface area contributed by atoms with Gasteiger partial charge in [-0.05, 0) is 30.9 Å². The first kappa shape index (κ1) is 9.39. The van der Waals surface area contributed by atoms with Crippen LogP contribution < -0.4 is 5.73 Å². The fourth-order valence-electron chi connectivity index (χ4n) is 1.70. The van der Waals surface area contributed by atoms with Crippen LogP contribution in [0, 0.1) is 5.92 Å². The molecular weight excluding hydrogens is 202 g/mol. The first-order chi connectivity index (χ1) is 7.81. The molecule has 82 valence electrons. The Bertz CT molecular complexity index is 502. The molecule has 4 heteroatoms. The summed E-state index contributed by atoms with van der Waals surface area (Å²) in [6.45, 7) is 0. The van der Waals surface area contributed by atoms with E-state index in [1.165, 1.54) is 12.8 Å². The molecule has 0 unspecified atom stereocenters. The highest BCUT2D eigenvalue weighted by atomic mass is 16.5. The monoisotopic (exact) mass is 215 g/mol. The zero-order chi connectivity index (χ0) is 11.0. The minimum Gasteiger partial charge on any atom is -0.399 e. The second-order valence-corrected chi connectivity index (χ2v) is 4.28. The summed E-state index contributed by atoms with van der Waals surface area (Å²) >= 11 is 0.